The van der Waals surface area contributed by atoms with Gasteiger partial charge in [0.1, 0.15) is 11.9 Å². The van der Waals surface area contributed by atoms with Crippen molar-refractivity contribution in [2.75, 3.05) is 22.5 Å². The van der Waals surface area contributed by atoms with Crippen LogP contribution in [0.4, 0.5) is 17.5 Å². The monoisotopic (exact) mass is 336 g/mol. The number of nitrogens with one attached hydrogen (secondary N) is 3. The quantitative estimate of drug-likeness (QED) is 0.739. The minimum Gasteiger partial charge on any atom is -0.365 e. The van der Waals surface area contributed by atoms with E-state index in [0.29, 0.717) is 11.9 Å². The van der Waals surface area contributed by atoms with E-state index in [9.17, 15) is 0 Å². The molecule has 25 heavy (non-hydrogen) atoms. The molecule has 0 bridgehead atoms. The molecule has 1 aromatic heterocycles. The number of para-hydroxylation sites is 1. The lowest BCUT2D eigenvalue weighted by Gasteiger charge is -2.30. The Bertz CT molecular complexity index is 800. The maximum Gasteiger partial charge on any atom is 0.244 e. The summed E-state index contributed by atoms with van der Waals surface area (Å²) < 4.78 is 0. The van der Waals surface area contributed by atoms with Gasteiger partial charge >= 0.3 is 0 Å². The number of aromatic nitrogens is 3. The maximum atomic E-state index is 4.67. The van der Waals surface area contributed by atoms with Crippen molar-refractivity contribution in [1.29, 1.82) is 0 Å². The van der Waals surface area contributed by atoms with Gasteiger partial charge in [0, 0.05) is 23.7 Å². The Morgan fingerprint density at radius 2 is 2.08 bits per heavy atom. The summed E-state index contributed by atoms with van der Waals surface area (Å²) in [4.78, 5) is 4.67. The van der Waals surface area contributed by atoms with Gasteiger partial charge in [-0.1, -0.05) is 29.8 Å². The van der Waals surface area contributed by atoms with Crippen molar-refractivity contribution in [3.8, 4) is 11.3 Å². The van der Waals surface area contributed by atoms with Crippen molar-refractivity contribution < 1.29 is 0 Å². The van der Waals surface area contributed by atoms with Crippen molar-refractivity contribution in [3.05, 3.63) is 35.9 Å². The fourth-order valence-electron chi connectivity index (χ4n) is 3.53. The van der Waals surface area contributed by atoms with Gasteiger partial charge in [-0.3, -0.25) is 0 Å². The van der Waals surface area contributed by atoms with E-state index in [4.69, 9.17) is 0 Å². The van der Waals surface area contributed by atoms with Crippen LogP contribution in [-0.2, 0) is 0 Å². The number of hydrogen-bond acceptors (Lipinski definition) is 6. The lowest BCUT2D eigenvalue weighted by atomic mass is 9.88. The van der Waals surface area contributed by atoms with Gasteiger partial charge < -0.3 is 16.0 Å². The van der Waals surface area contributed by atoms with Gasteiger partial charge in [0.25, 0.3) is 0 Å². The van der Waals surface area contributed by atoms with E-state index in [-0.39, 0.29) is 6.17 Å². The molecule has 6 heteroatoms. The van der Waals surface area contributed by atoms with Crippen LogP contribution < -0.4 is 16.0 Å². The number of anilines is 3. The lowest BCUT2D eigenvalue weighted by Crippen LogP contribution is -2.37. The number of benzene rings is 1. The number of hydrogen-bond donors (Lipinski definition) is 3. The first kappa shape index (κ1) is 15.9. The molecule has 4 rings (SSSR count). The predicted octanol–water partition coefficient (Wildman–Crippen LogP) is 3.88. The molecule has 0 fully saturated rings. The van der Waals surface area contributed by atoms with Gasteiger partial charge in [-0.05, 0) is 39.2 Å². The van der Waals surface area contributed by atoms with Crippen molar-refractivity contribution in [1.82, 2.24) is 15.2 Å². The van der Waals surface area contributed by atoms with Crippen LogP contribution in [0.3, 0.4) is 0 Å². The molecule has 6 nitrogen and oxygen atoms in total. The zero-order valence-corrected chi connectivity index (χ0v) is 14.7. The number of allylic oxidation sites excluding steroid dienone is 2. The van der Waals surface area contributed by atoms with E-state index < -0.39 is 0 Å². The molecule has 2 aliphatic rings. The Morgan fingerprint density at radius 1 is 1.20 bits per heavy atom. The molecule has 1 aromatic carbocycles. The first-order valence-corrected chi connectivity index (χ1v) is 9.01. The van der Waals surface area contributed by atoms with E-state index in [1.807, 2.05) is 19.1 Å². The highest BCUT2D eigenvalue weighted by Gasteiger charge is 2.29. The van der Waals surface area contributed by atoms with Crippen molar-refractivity contribution in [3.63, 3.8) is 0 Å². The smallest absolute Gasteiger partial charge is 0.244 e. The highest BCUT2D eigenvalue weighted by Crippen LogP contribution is 2.37. The molecular formula is C19H24N6. The molecular weight excluding hydrogens is 312 g/mol. The minimum absolute atomic E-state index is 0.123. The maximum absolute atomic E-state index is 4.67. The Hall–Kier alpha value is -2.63. The second kappa shape index (κ2) is 6.70. The molecule has 2 aromatic rings. The first-order chi connectivity index (χ1) is 12.2. The van der Waals surface area contributed by atoms with Gasteiger partial charge in [-0.25, -0.2) is 0 Å². The van der Waals surface area contributed by atoms with Crippen LogP contribution in [0, 0.1) is 5.92 Å². The summed E-state index contributed by atoms with van der Waals surface area (Å²) in [6.07, 6.45) is 5.88. The van der Waals surface area contributed by atoms with Crippen molar-refractivity contribution in [2.24, 2.45) is 5.92 Å². The standard InChI is InChI=1S/C19H24N6/c1-3-20-19-23-18-16(24-25-19)14-6-4-5-7-15(14)21-17(22-18)13-10-8-12(2)9-11-13/h4-8,13,17,21H,3,9-11H2,1-2H3,(H2,20,22,23,25). The number of nitrogens with zero attached hydrogens (tertiary/aromatic N) is 3. The third kappa shape index (κ3) is 3.16. The molecule has 3 N–H and O–H groups in total. The largest absolute Gasteiger partial charge is 0.365 e. The summed E-state index contributed by atoms with van der Waals surface area (Å²) >= 11 is 0. The molecule has 2 atom stereocenters. The summed E-state index contributed by atoms with van der Waals surface area (Å²) in [5.41, 5.74) is 4.41. The summed E-state index contributed by atoms with van der Waals surface area (Å²) in [6.45, 7) is 5.01. The minimum atomic E-state index is 0.123. The lowest BCUT2D eigenvalue weighted by molar-refractivity contribution is 0.427. The normalized spacial score (nSPS) is 21.8. The second-order valence-electron chi connectivity index (χ2n) is 6.76. The summed E-state index contributed by atoms with van der Waals surface area (Å²) in [6, 6.07) is 8.24. The fourth-order valence-corrected chi connectivity index (χ4v) is 3.53. The summed E-state index contributed by atoms with van der Waals surface area (Å²) in [7, 11) is 0. The Labute approximate surface area is 148 Å². The van der Waals surface area contributed by atoms with E-state index >= 15 is 0 Å². The Kier molecular flexibility index (Phi) is 4.26. The van der Waals surface area contributed by atoms with Crippen molar-refractivity contribution in [2.45, 2.75) is 39.3 Å². The van der Waals surface area contributed by atoms with Crippen LogP contribution in [0.1, 0.15) is 33.1 Å². The predicted molar refractivity (Wildman–Crippen MR) is 102 cm³/mol. The van der Waals surface area contributed by atoms with Crippen LogP contribution in [0.25, 0.3) is 11.3 Å². The van der Waals surface area contributed by atoms with E-state index in [2.05, 4.69) is 56.3 Å². The highest BCUT2D eigenvalue weighted by molar-refractivity contribution is 5.84. The Balaban J connectivity index is 1.73. The van der Waals surface area contributed by atoms with Gasteiger partial charge in [0.2, 0.25) is 5.95 Å². The Morgan fingerprint density at radius 3 is 2.88 bits per heavy atom. The van der Waals surface area contributed by atoms with Crippen LogP contribution in [0.15, 0.2) is 35.9 Å². The van der Waals surface area contributed by atoms with Gasteiger partial charge in [-0.2, -0.15) is 4.98 Å². The van der Waals surface area contributed by atoms with Crippen LogP contribution in [0.5, 0.6) is 0 Å². The number of fused-ring (bicyclic) bond motifs is 3. The SMILES string of the molecule is CCNc1nnc2c(n1)NC(C1CC=C(C)CC1)Nc1ccccc1-2. The van der Waals surface area contributed by atoms with Crippen LogP contribution in [0.2, 0.25) is 0 Å². The third-order valence-corrected chi connectivity index (χ3v) is 4.96. The van der Waals surface area contributed by atoms with E-state index in [0.717, 1.165) is 42.1 Å². The molecule has 0 radical (unpaired) electrons. The molecule has 130 valence electrons. The van der Waals surface area contributed by atoms with Crippen LogP contribution in [-0.4, -0.2) is 27.9 Å². The number of rotatable bonds is 3. The average Bonchev–Trinajstić information content (AvgIpc) is 2.79. The summed E-state index contributed by atoms with van der Waals surface area (Å²) in [5, 5.41) is 19.1. The van der Waals surface area contributed by atoms with Gasteiger partial charge in [0.05, 0.1) is 0 Å². The van der Waals surface area contributed by atoms with Crippen molar-refractivity contribution >= 4 is 17.5 Å². The fraction of sp³-hybridized carbons (Fsp3) is 0.421. The average molecular weight is 336 g/mol. The molecule has 2 heterocycles. The summed E-state index contributed by atoms with van der Waals surface area (Å²) in [5.74, 6) is 1.87. The molecule has 2 unspecified atom stereocenters. The topological polar surface area (TPSA) is 74.8 Å². The zero-order chi connectivity index (χ0) is 17.2. The van der Waals surface area contributed by atoms with E-state index in [1.54, 1.807) is 0 Å². The third-order valence-electron chi connectivity index (χ3n) is 4.96. The molecule has 0 amide bonds. The highest BCUT2D eigenvalue weighted by atomic mass is 15.3. The van der Waals surface area contributed by atoms with Gasteiger partial charge in [-0.15, -0.1) is 10.2 Å². The molecule has 0 saturated carbocycles. The zero-order valence-electron chi connectivity index (χ0n) is 14.7. The molecule has 1 aliphatic heterocycles. The van der Waals surface area contributed by atoms with Gasteiger partial charge in [0.15, 0.2) is 5.82 Å². The van der Waals surface area contributed by atoms with E-state index in [1.165, 1.54) is 12.0 Å². The second-order valence-corrected chi connectivity index (χ2v) is 6.76. The molecule has 0 spiro atoms. The molecule has 0 saturated heterocycles. The molecule has 1 aliphatic carbocycles. The van der Waals surface area contributed by atoms with Crippen LogP contribution >= 0.6 is 0 Å². The first-order valence-electron chi connectivity index (χ1n) is 9.01.